The number of hydrogen-bond acceptors (Lipinski definition) is 19. The smallest absolute Gasteiger partial charge is 0.294 e. The number of aliphatic hydroxyl groups is 5. The monoisotopic (exact) mass is 1280 g/mol. The number of carbonyl (C=O) groups excluding carboxylic acids is 4. The number of amides is 4. The Morgan fingerprint density at radius 3 is 1.47 bits per heavy atom. The van der Waals surface area contributed by atoms with Crippen molar-refractivity contribution in [1.82, 2.24) is 20.6 Å². The lowest BCUT2D eigenvalue weighted by atomic mass is 10.0. The summed E-state index contributed by atoms with van der Waals surface area (Å²) in [6, 6.07) is 14.1. The van der Waals surface area contributed by atoms with E-state index in [4.69, 9.17) is 48.6 Å². The van der Waals surface area contributed by atoms with E-state index < -0.39 is 107 Å². The summed E-state index contributed by atoms with van der Waals surface area (Å²) in [5.74, 6) is -4.08. The maximum atomic E-state index is 13.8. The van der Waals surface area contributed by atoms with E-state index in [1.807, 2.05) is 20.8 Å². The summed E-state index contributed by atoms with van der Waals surface area (Å²) >= 11 is 0. The predicted molar refractivity (Wildman–Crippen MR) is 320 cm³/mol. The van der Waals surface area contributed by atoms with Crippen molar-refractivity contribution >= 4 is 68.4 Å². The molecule has 0 unspecified atom stereocenters. The van der Waals surface area contributed by atoms with Gasteiger partial charge in [0.15, 0.2) is 24.0 Å². The van der Waals surface area contributed by atoms with Gasteiger partial charge in [0, 0.05) is 45.3 Å². The van der Waals surface area contributed by atoms with Crippen molar-refractivity contribution in [1.29, 1.82) is 0 Å². The van der Waals surface area contributed by atoms with Crippen LogP contribution in [-0.4, -0.2) is 177 Å². The largest absolute Gasteiger partial charge is 0.394 e. The average Bonchev–Trinajstić information content (AvgIpc) is 1.67. The van der Waals surface area contributed by atoms with Crippen LogP contribution < -0.4 is 27.0 Å². The first-order valence-electron chi connectivity index (χ1n) is 28.1. The summed E-state index contributed by atoms with van der Waals surface area (Å²) < 4.78 is 96.1. The minimum Gasteiger partial charge on any atom is -0.394 e. The summed E-state index contributed by atoms with van der Waals surface area (Å²) in [6.45, 7) is 15.0. The SMILES string of the molecule is C.CC1(C)O[C@@H]2[C@H](O1)[C@@H](N)O[C@H]2CO.Cc1[nH]c(/C=C2\C(=O)Nc3ccc(F)cc32)c(C)c1C(=O)N[C@H]1O[C@@H](CO)[C@@H]2OC(C)(C)O[C@@H]21.Cc1[nH]c(/C=C2\C(=O)Nc3ccc(F)cc32)c(C)c1C(=O)N[C@H]1O[C@@H](CO)[C@H](O)[C@@H]1O.Cc1ccc(S(=O)(=O)O)cc1. The van der Waals surface area contributed by atoms with Crippen LogP contribution in [0.15, 0.2) is 65.6 Å². The van der Waals surface area contributed by atoms with Crippen molar-refractivity contribution in [2.75, 3.05) is 30.5 Å². The molecule has 26 nitrogen and oxygen atoms in total. The molecule has 2 aromatic heterocycles. The van der Waals surface area contributed by atoms with Crippen LogP contribution in [0.4, 0.5) is 20.2 Å². The molecule has 0 spiro atoms. The minimum atomic E-state index is -4.02. The molecule has 488 valence electrons. The molecule has 9 heterocycles. The summed E-state index contributed by atoms with van der Waals surface area (Å²) in [5, 5.41) is 58.4. The third-order valence-corrected chi connectivity index (χ3v) is 16.5. The number of nitrogens with one attached hydrogen (secondary N) is 6. The van der Waals surface area contributed by atoms with E-state index in [0.29, 0.717) is 67.5 Å². The van der Waals surface area contributed by atoms with Gasteiger partial charge in [0.05, 0.1) is 47.0 Å². The fraction of sp³-hybridized carbons (Fsp3) is 0.443. The van der Waals surface area contributed by atoms with Gasteiger partial charge in [-0.15, -0.1) is 0 Å². The highest BCUT2D eigenvalue weighted by molar-refractivity contribution is 7.85. The van der Waals surface area contributed by atoms with Gasteiger partial charge in [-0.1, -0.05) is 25.1 Å². The molecular formula is C61H75F2N7O19S. The lowest BCUT2D eigenvalue weighted by molar-refractivity contribution is -0.192. The third kappa shape index (κ3) is 14.4. The molecule has 4 amide bonds. The highest BCUT2D eigenvalue weighted by atomic mass is 32.2. The maximum absolute atomic E-state index is 13.8. The molecule has 7 aliphatic heterocycles. The van der Waals surface area contributed by atoms with Crippen LogP contribution in [0.25, 0.3) is 23.3 Å². The number of nitrogens with two attached hydrogens (primary N) is 1. The Bertz CT molecular complexity index is 3720. The quantitative estimate of drug-likeness (QED) is 0.0700. The van der Waals surface area contributed by atoms with Gasteiger partial charge in [0.2, 0.25) is 0 Å². The molecular weight excluding hydrogens is 1200 g/mol. The highest BCUT2D eigenvalue weighted by Crippen LogP contribution is 2.40. The summed E-state index contributed by atoms with van der Waals surface area (Å²) in [7, 11) is -4.02. The van der Waals surface area contributed by atoms with Crippen molar-refractivity contribution < 1.29 is 99.6 Å². The second-order valence-electron chi connectivity index (χ2n) is 23.0. The van der Waals surface area contributed by atoms with E-state index in [-0.39, 0.29) is 66.8 Å². The lowest BCUT2D eigenvalue weighted by Gasteiger charge is -2.24. The molecule has 14 N–H and O–H groups in total. The Labute approximate surface area is 516 Å². The van der Waals surface area contributed by atoms with Crippen LogP contribution in [0.1, 0.15) is 106 Å². The first-order valence-corrected chi connectivity index (χ1v) is 29.6. The predicted octanol–water partition coefficient (Wildman–Crippen LogP) is 3.72. The fourth-order valence-electron chi connectivity index (χ4n) is 11.4. The Hall–Kier alpha value is -7.17. The zero-order chi connectivity index (χ0) is 64.9. The van der Waals surface area contributed by atoms with Crippen molar-refractivity contribution in [2.24, 2.45) is 5.73 Å². The summed E-state index contributed by atoms with van der Waals surface area (Å²) in [5.41, 5.74) is 13.1. The highest BCUT2D eigenvalue weighted by Gasteiger charge is 2.56. The van der Waals surface area contributed by atoms with Gasteiger partial charge in [0.25, 0.3) is 33.7 Å². The fourth-order valence-corrected chi connectivity index (χ4v) is 11.8. The van der Waals surface area contributed by atoms with Crippen LogP contribution in [0, 0.1) is 46.3 Å². The van der Waals surface area contributed by atoms with E-state index >= 15 is 0 Å². The summed E-state index contributed by atoms with van der Waals surface area (Å²) in [6.07, 6.45) is -5.60. The van der Waals surface area contributed by atoms with Gasteiger partial charge >= 0.3 is 0 Å². The molecule has 12 rings (SSSR count). The van der Waals surface area contributed by atoms with Gasteiger partial charge in [0.1, 0.15) is 72.8 Å². The van der Waals surface area contributed by atoms with Gasteiger partial charge in [-0.25, -0.2) is 8.78 Å². The zero-order valence-electron chi connectivity index (χ0n) is 49.7. The number of H-pyrrole nitrogens is 2. The van der Waals surface area contributed by atoms with Crippen molar-refractivity contribution in [3.63, 3.8) is 0 Å². The maximum Gasteiger partial charge on any atom is 0.294 e. The number of rotatable bonds is 10. The van der Waals surface area contributed by atoms with Crippen LogP contribution in [0.2, 0.25) is 0 Å². The molecule has 0 bridgehead atoms. The Morgan fingerprint density at radius 1 is 0.611 bits per heavy atom. The van der Waals surface area contributed by atoms with Crippen LogP contribution >= 0.6 is 0 Å². The van der Waals surface area contributed by atoms with Crippen molar-refractivity contribution in [3.8, 4) is 0 Å². The molecule has 29 heteroatoms. The van der Waals surface area contributed by atoms with Crippen molar-refractivity contribution in [2.45, 2.75) is 160 Å². The number of aliphatic hydroxyl groups excluding tert-OH is 5. The Balaban J connectivity index is 0.000000170. The van der Waals surface area contributed by atoms with Gasteiger partial charge in [-0.05, 0) is 134 Å². The molecule has 90 heavy (non-hydrogen) atoms. The molecule has 7 aliphatic rings. The normalized spacial score (nSPS) is 28.0. The van der Waals surface area contributed by atoms with E-state index in [1.54, 1.807) is 65.8 Å². The number of halogens is 2. The number of carbonyl (C=O) groups is 4. The van der Waals surface area contributed by atoms with Gasteiger partial charge in [-0.2, -0.15) is 8.42 Å². The van der Waals surface area contributed by atoms with Crippen LogP contribution in [0.3, 0.4) is 0 Å². The number of anilines is 2. The lowest BCUT2D eigenvalue weighted by Crippen LogP contribution is -2.44. The Morgan fingerprint density at radius 2 is 1.02 bits per heavy atom. The number of aryl methyl sites for hydroxylation is 3. The number of hydrogen-bond donors (Lipinski definition) is 13. The number of ether oxygens (including phenoxy) is 7. The van der Waals surface area contributed by atoms with E-state index in [0.717, 1.165) is 5.56 Å². The Kier molecular flexibility index (Phi) is 20.6. The first kappa shape index (κ1) is 68.7. The molecule has 0 aliphatic carbocycles. The average molecular weight is 1280 g/mol. The number of aromatic amines is 2. The molecule has 5 aromatic rings. The second-order valence-corrected chi connectivity index (χ2v) is 24.4. The van der Waals surface area contributed by atoms with Crippen LogP contribution in [-0.2, 0) is 52.9 Å². The topological polar surface area (TPSA) is 394 Å². The number of benzene rings is 3. The zero-order valence-corrected chi connectivity index (χ0v) is 50.5. The number of aromatic nitrogens is 2. The number of fused-ring (bicyclic) bond motifs is 4. The van der Waals surface area contributed by atoms with Crippen LogP contribution in [0.5, 0.6) is 0 Å². The molecule has 3 aromatic carbocycles. The van der Waals surface area contributed by atoms with Crippen molar-refractivity contribution in [3.05, 3.63) is 134 Å². The molecule has 5 saturated heterocycles. The first-order chi connectivity index (χ1) is 41.8. The standard InChI is InChI=1S/C24H26FN3O6.C21H22FN3O6.C8H15NO4.C7H8O3S.CH4/c1-10-16(8-14-13-7-12(25)5-6-15(13)27-21(14)30)26-11(2)18(10)22(31)28-23-20-19(17(9-29)32-23)33-24(3,4)34-20;1-8-14(6-12-11-5-10(22)3-4-13(11)24-19(12)29)23-9(2)16(8)20(30)25-21-18(28)17(27)15(7-26)31-21;1-8(2)12-5-4(3-10)11-7(9)6(5)13-8;1-6-2-4-7(5-3-6)11(8,9)10;/h5-8,17,19-20,23,26,29H,9H2,1-4H3,(H,27,30)(H,28,31);3-6,15,17-18,21,23,26-28H,7H2,1-2H3,(H,24,29)(H,25,30);4-7,10H,3,9H2,1-2H3;2-5H,1H3,(H,8,9,10);1H4/b14-8-;12-6-;;;/t17-,19-,20-,23-;15-,17-,18-,21-;4-,5-,6-,7-;;/m000../s1. The molecule has 0 radical (unpaired) electrons. The van der Waals surface area contributed by atoms with E-state index in [1.165, 1.54) is 48.5 Å². The van der Waals surface area contributed by atoms with E-state index in [2.05, 4.69) is 31.2 Å². The minimum absolute atomic E-state index is 0. The van der Waals surface area contributed by atoms with Gasteiger partial charge in [-0.3, -0.25) is 23.7 Å². The molecule has 12 atom stereocenters. The second kappa shape index (κ2) is 27.0. The van der Waals surface area contributed by atoms with Gasteiger partial charge < -0.3 is 95.7 Å². The van der Waals surface area contributed by atoms with E-state index in [9.17, 15) is 56.8 Å². The molecule has 5 fully saturated rings. The summed E-state index contributed by atoms with van der Waals surface area (Å²) in [4.78, 5) is 57.0. The third-order valence-electron chi connectivity index (χ3n) is 15.6. The molecule has 0 saturated carbocycles.